The van der Waals surface area contributed by atoms with Crippen LogP contribution in [0.25, 0.3) is 11.6 Å². The average Bonchev–Trinajstić information content (AvgIpc) is 3.38. The lowest BCUT2D eigenvalue weighted by Crippen LogP contribution is -2.30. The molecule has 0 fully saturated rings. The molecular weight excluding hydrogens is 401 g/mol. The van der Waals surface area contributed by atoms with Crippen LogP contribution < -0.4 is 0 Å². The molecule has 1 aliphatic heterocycles. The molecule has 2 aromatic heterocycles. The number of aromatic nitrogens is 4. The molecule has 0 saturated carbocycles. The minimum absolute atomic E-state index is 0.0581. The number of hydrogen-bond donors (Lipinski definition) is 0. The number of carbonyl (C=O) groups is 1. The van der Waals surface area contributed by atoms with Crippen molar-refractivity contribution in [1.29, 1.82) is 0 Å². The van der Waals surface area contributed by atoms with E-state index in [1.165, 1.54) is 12.1 Å². The van der Waals surface area contributed by atoms with Gasteiger partial charge in [0.25, 0.3) is 5.89 Å². The fourth-order valence-electron chi connectivity index (χ4n) is 3.62. The van der Waals surface area contributed by atoms with Crippen LogP contribution in [0.1, 0.15) is 42.5 Å². The maximum Gasteiger partial charge on any atom is 0.278 e. The number of rotatable bonds is 7. The normalized spacial score (nSPS) is 13.5. The molecular formula is C22H26FN5O3. The van der Waals surface area contributed by atoms with E-state index >= 15 is 0 Å². The van der Waals surface area contributed by atoms with E-state index in [9.17, 15) is 9.18 Å². The smallest absolute Gasteiger partial charge is 0.278 e. The van der Waals surface area contributed by atoms with E-state index in [1.54, 1.807) is 24.1 Å². The lowest BCUT2D eigenvalue weighted by atomic mass is 10.1. The fraction of sp³-hybridized carbons (Fsp3) is 0.455. The van der Waals surface area contributed by atoms with Gasteiger partial charge in [-0.05, 0) is 31.5 Å². The predicted molar refractivity (Wildman–Crippen MR) is 111 cm³/mol. The summed E-state index contributed by atoms with van der Waals surface area (Å²) in [5.74, 6) is 0.512. The Morgan fingerprint density at radius 3 is 2.81 bits per heavy atom. The van der Waals surface area contributed by atoms with Crippen LogP contribution in [0.3, 0.4) is 0 Å². The molecule has 31 heavy (non-hydrogen) atoms. The third-order valence-electron chi connectivity index (χ3n) is 5.37. The highest BCUT2D eigenvalue weighted by molar-refractivity contribution is 5.78. The van der Waals surface area contributed by atoms with Gasteiger partial charge in [-0.1, -0.05) is 17.3 Å². The molecule has 0 saturated heterocycles. The Kier molecular flexibility index (Phi) is 6.13. The van der Waals surface area contributed by atoms with Gasteiger partial charge in [0.15, 0.2) is 11.5 Å². The van der Waals surface area contributed by atoms with Gasteiger partial charge >= 0.3 is 0 Å². The number of fused-ring (bicyclic) bond motifs is 1. The topological polar surface area (TPSA) is 86.3 Å². The van der Waals surface area contributed by atoms with Crippen LogP contribution in [-0.2, 0) is 35.4 Å². The second-order valence-corrected chi connectivity index (χ2v) is 8.00. The molecule has 1 amide bonds. The molecule has 0 spiro atoms. The first-order chi connectivity index (χ1) is 14.9. The van der Waals surface area contributed by atoms with E-state index in [-0.39, 0.29) is 24.2 Å². The second-order valence-electron chi connectivity index (χ2n) is 8.00. The van der Waals surface area contributed by atoms with Crippen LogP contribution in [0.15, 0.2) is 28.8 Å². The monoisotopic (exact) mass is 427 g/mol. The predicted octanol–water partition coefficient (Wildman–Crippen LogP) is 2.97. The third-order valence-corrected chi connectivity index (χ3v) is 5.37. The van der Waals surface area contributed by atoms with Gasteiger partial charge in [-0.3, -0.25) is 9.48 Å². The Morgan fingerprint density at radius 1 is 1.29 bits per heavy atom. The number of hydrogen-bond acceptors (Lipinski definition) is 6. The minimum Gasteiger partial charge on any atom is -0.376 e. The Balaban J connectivity index is 1.40. The van der Waals surface area contributed by atoms with E-state index in [4.69, 9.17) is 14.4 Å². The first-order valence-corrected chi connectivity index (χ1v) is 10.4. The van der Waals surface area contributed by atoms with Gasteiger partial charge in [0.2, 0.25) is 5.91 Å². The summed E-state index contributed by atoms with van der Waals surface area (Å²) >= 11 is 0. The molecule has 0 atom stereocenters. The first kappa shape index (κ1) is 21.2. The van der Waals surface area contributed by atoms with Crippen molar-refractivity contribution in [2.75, 3.05) is 20.2 Å². The summed E-state index contributed by atoms with van der Waals surface area (Å²) in [6, 6.07) is 6.17. The second kappa shape index (κ2) is 8.97. The van der Waals surface area contributed by atoms with Crippen molar-refractivity contribution >= 4 is 5.91 Å². The highest BCUT2D eigenvalue weighted by Gasteiger charge is 2.26. The van der Waals surface area contributed by atoms with E-state index in [0.29, 0.717) is 43.6 Å². The summed E-state index contributed by atoms with van der Waals surface area (Å²) in [7, 11) is 1.73. The summed E-state index contributed by atoms with van der Waals surface area (Å²) in [6.07, 6.45) is 1.48. The van der Waals surface area contributed by atoms with Crippen LogP contribution in [-0.4, -0.2) is 50.9 Å². The molecule has 0 aliphatic carbocycles. The lowest BCUT2D eigenvalue weighted by Gasteiger charge is -2.16. The molecule has 0 unspecified atom stereocenters. The summed E-state index contributed by atoms with van der Waals surface area (Å²) in [6.45, 7) is 5.78. The first-order valence-electron chi connectivity index (χ1n) is 10.4. The number of halogens is 1. The standard InChI is InChI=1S/C22H26FN5O3/c1-14(2)28-18-9-11-30-13-17(18)21(25-28)22-24-19(26-31-22)8-10-27(3)20(29)12-15-4-6-16(23)7-5-15/h4-7,14H,8-13H2,1-3H3. The van der Waals surface area contributed by atoms with Crippen molar-refractivity contribution in [3.63, 3.8) is 0 Å². The highest BCUT2D eigenvalue weighted by Crippen LogP contribution is 2.30. The van der Waals surface area contributed by atoms with Gasteiger partial charge < -0.3 is 14.2 Å². The van der Waals surface area contributed by atoms with E-state index < -0.39 is 0 Å². The third kappa shape index (κ3) is 4.66. The molecule has 0 N–H and O–H groups in total. The van der Waals surface area contributed by atoms with Gasteiger partial charge in [-0.2, -0.15) is 10.1 Å². The van der Waals surface area contributed by atoms with E-state index in [1.807, 2.05) is 4.68 Å². The number of ether oxygens (including phenoxy) is 1. The largest absolute Gasteiger partial charge is 0.376 e. The fourth-order valence-corrected chi connectivity index (χ4v) is 3.62. The van der Waals surface area contributed by atoms with Crippen LogP contribution in [0.5, 0.6) is 0 Å². The van der Waals surface area contributed by atoms with Crippen LogP contribution in [0.2, 0.25) is 0 Å². The molecule has 0 radical (unpaired) electrons. The van der Waals surface area contributed by atoms with Gasteiger partial charge in [0.05, 0.1) is 19.6 Å². The van der Waals surface area contributed by atoms with Crippen molar-refractivity contribution in [2.45, 2.75) is 45.8 Å². The average molecular weight is 427 g/mol. The van der Waals surface area contributed by atoms with Crippen molar-refractivity contribution < 1.29 is 18.4 Å². The summed E-state index contributed by atoms with van der Waals surface area (Å²) in [5.41, 5.74) is 3.60. The summed E-state index contributed by atoms with van der Waals surface area (Å²) < 4.78 is 26.1. The molecule has 1 aromatic carbocycles. The minimum atomic E-state index is -0.316. The molecule has 0 bridgehead atoms. The number of benzene rings is 1. The SMILES string of the molecule is CC(C)n1nc(-c2nc(CCN(C)C(=O)Cc3ccc(F)cc3)no2)c2c1CCOC2. The Hall–Kier alpha value is -3.07. The maximum absolute atomic E-state index is 13.0. The summed E-state index contributed by atoms with van der Waals surface area (Å²) in [5, 5.41) is 8.77. The zero-order valence-electron chi connectivity index (χ0n) is 18.0. The molecule has 9 heteroatoms. The van der Waals surface area contributed by atoms with Crippen LogP contribution in [0, 0.1) is 5.82 Å². The molecule has 1 aliphatic rings. The molecule has 4 rings (SSSR count). The zero-order valence-corrected chi connectivity index (χ0v) is 18.0. The van der Waals surface area contributed by atoms with Crippen molar-refractivity contribution in [2.24, 2.45) is 0 Å². The highest BCUT2D eigenvalue weighted by atomic mass is 19.1. The zero-order chi connectivity index (χ0) is 22.0. The number of amides is 1. The van der Waals surface area contributed by atoms with Crippen molar-refractivity contribution in [3.05, 3.63) is 52.7 Å². The maximum atomic E-state index is 13.0. The number of nitrogens with zero attached hydrogens (tertiary/aromatic N) is 5. The number of likely N-dealkylation sites (N-methyl/N-ethyl adjacent to an activating group) is 1. The lowest BCUT2D eigenvalue weighted by molar-refractivity contribution is -0.129. The van der Waals surface area contributed by atoms with Crippen LogP contribution in [0.4, 0.5) is 4.39 Å². The summed E-state index contributed by atoms with van der Waals surface area (Å²) in [4.78, 5) is 18.5. The van der Waals surface area contributed by atoms with Gasteiger partial charge in [-0.15, -0.1) is 0 Å². The van der Waals surface area contributed by atoms with E-state index in [0.717, 1.165) is 23.2 Å². The Morgan fingerprint density at radius 2 is 2.06 bits per heavy atom. The molecule has 3 heterocycles. The Bertz CT molecular complexity index is 1060. The molecule has 8 nitrogen and oxygen atoms in total. The number of carbonyl (C=O) groups excluding carboxylic acids is 1. The van der Waals surface area contributed by atoms with Crippen molar-refractivity contribution in [1.82, 2.24) is 24.8 Å². The van der Waals surface area contributed by atoms with Gasteiger partial charge in [0.1, 0.15) is 5.82 Å². The quantitative estimate of drug-likeness (QED) is 0.576. The molecule has 164 valence electrons. The Labute approximate surface area is 180 Å². The van der Waals surface area contributed by atoms with Gasteiger partial charge in [-0.25, -0.2) is 4.39 Å². The van der Waals surface area contributed by atoms with Crippen molar-refractivity contribution in [3.8, 4) is 11.6 Å². The van der Waals surface area contributed by atoms with E-state index in [2.05, 4.69) is 24.0 Å². The van der Waals surface area contributed by atoms with Crippen LogP contribution >= 0.6 is 0 Å². The van der Waals surface area contributed by atoms with Gasteiger partial charge in [0, 0.05) is 43.7 Å². The molecule has 3 aromatic rings.